The number of aliphatic imine (C=N–C) groups is 1. The molecule has 2 heteroatoms. The first-order chi connectivity index (χ1) is 11.8. The van der Waals surface area contributed by atoms with Gasteiger partial charge in [0.2, 0.25) is 0 Å². The largest absolute Gasteiger partial charge is 0.360 e. The average Bonchev–Trinajstić information content (AvgIpc) is 2.64. The van der Waals surface area contributed by atoms with Crippen LogP contribution in [0.25, 0.3) is 11.1 Å². The highest BCUT2D eigenvalue weighted by Crippen LogP contribution is 2.33. The molecule has 3 aromatic rings. The first-order valence-corrected chi connectivity index (χ1v) is 8.33. The van der Waals surface area contributed by atoms with Crippen LogP contribution in [-0.4, -0.2) is 12.8 Å². The maximum Gasteiger partial charge on any atom is 0.0860 e. The molecule has 24 heavy (non-hydrogen) atoms. The second-order valence-corrected chi connectivity index (χ2v) is 6.14. The Morgan fingerprint density at radius 1 is 0.875 bits per heavy atom. The minimum absolute atomic E-state index is 0.853. The first kappa shape index (κ1) is 14.7. The van der Waals surface area contributed by atoms with Gasteiger partial charge in [0.15, 0.2) is 0 Å². The smallest absolute Gasteiger partial charge is 0.0860 e. The Kier molecular flexibility index (Phi) is 3.87. The van der Waals surface area contributed by atoms with E-state index in [4.69, 9.17) is 0 Å². The molecule has 4 rings (SSSR count). The van der Waals surface area contributed by atoms with Gasteiger partial charge >= 0.3 is 0 Å². The zero-order valence-electron chi connectivity index (χ0n) is 13.8. The van der Waals surface area contributed by atoms with Gasteiger partial charge in [-0.05, 0) is 41.3 Å². The molecule has 0 aromatic heterocycles. The van der Waals surface area contributed by atoms with Gasteiger partial charge in [-0.15, -0.1) is 0 Å². The SMILES string of the molecule is Cc1c(CN2CC=Nc3ccccc32)cccc1-c1ccccc1. The molecule has 0 amide bonds. The molecule has 1 heterocycles. The minimum Gasteiger partial charge on any atom is -0.360 e. The van der Waals surface area contributed by atoms with Crippen molar-refractivity contribution < 1.29 is 0 Å². The Bertz CT molecular complexity index is 881. The van der Waals surface area contributed by atoms with Gasteiger partial charge in [0.25, 0.3) is 0 Å². The Labute approximate surface area is 143 Å². The summed E-state index contributed by atoms with van der Waals surface area (Å²) < 4.78 is 0. The molecule has 0 spiro atoms. The van der Waals surface area contributed by atoms with Crippen LogP contribution in [0.15, 0.2) is 77.8 Å². The summed E-state index contributed by atoms with van der Waals surface area (Å²) in [5, 5.41) is 0. The number of hydrogen-bond acceptors (Lipinski definition) is 2. The van der Waals surface area contributed by atoms with Gasteiger partial charge in [-0.25, -0.2) is 0 Å². The van der Waals surface area contributed by atoms with E-state index in [1.165, 1.54) is 27.9 Å². The van der Waals surface area contributed by atoms with Gasteiger partial charge in [-0.3, -0.25) is 4.99 Å². The summed E-state index contributed by atoms with van der Waals surface area (Å²) in [6.45, 7) is 3.98. The van der Waals surface area contributed by atoms with E-state index in [-0.39, 0.29) is 0 Å². The standard InChI is InChI=1S/C22H20N2/c1-17-19(10-7-11-20(17)18-8-3-2-4-9-18)16-24-15-14-23-21-12-5-6-13-22(21)24/h2-14H,15-16H2,1H3. The van der Waals surface area contributed by atoms with Crippen molar-refractivity contribution in [2.75, 3.05) is 11.4 Å². The minimum atomic E-state index is 0.853. The lowest BCUT2D eigenvalue weighted by molar-refractivity contribution is 0.875. The highest BCUT2D eigenvalue weighted by atomic mass is 15.2. The second-order valence-electron chi connectivity index (χ2n) is 6.14. The van der Waals surface area contributed by atoms with Crippen molar-refractivity contribution >= 4 is 17.6 Å². The van der Waals surface area contributed by atoms with E-state index >= 15 is 0 Å². The molecule has 0 N–H and O–H groups in total. The van der Waals surface area contributed by atoms with Gasteiger partial charge in [0, 0.05) is 12.8 Å². The van der Waals surface area contributed by atoms with Crippen molar-refractivity contribution in [1.29, 1.82) is 0 Å². The van der Waals surface area contributed by atoms with E-state index in [0.29, 0.717) is 0 Å². The molecule has 1 aliphatic heterocycles. The van der Waals surface area contributed by atoms with Crippen LogP contribution >= 0.6 is 0 Å². The summed E-state index contributed by atoms with van der Waals surface area (Å²) >= 11 is 0. The summed E-state index contributed by atoms with van der Waals surface area (Å²) in [6, 6.07) is 25.6. The number of benzene rings is 3. The molecule has 0 aliphatic carbocycles. The molecular formula is C22H20N2. The predicted molar refractivity (Wildman–Crippen MR) is 102 cm³/mol. The van der Waals surface area contributed by atoms with Crippen molar-refractivity contribution in [2.45, 2.75) is 13.5 Å². The molecule has 0 fully saturated rings. The second kappa shape index (κ2) is 6.32. The van der Waals surface area contributed by atoms with Gasteiger partial charge in [0.1, 0.15) is 0 Å². The van der Waals surface area contributed by atoms with Crippen molar-refractivity contribution in [3.63, 3.8) is 0 Å². The number of nitrogens with zero attached hydrogens (tertiary/aromatic N) is 2. The maximum absolute atomic E-state index is 4.51. The van der Waals surface area contributed by atoms with Gasteiger partial charge in [-0.2, -0.15) is 0 Å². The fourth-order valence-corrected chi connectivity index (χ4v) is 3.32. The van der Waals surface area contributed by atoms with Crippen LogP contribution in [0.2, 0.25) is 0 Å². The number of anilines is 1. The van der Waals surface area contributed by atoms with E-state index in [1.807, 2.05) is 12.3 Å². The van der Waals surface area contributed by atoms with Crippen molar-refractivity contribution in [3.05, 3.63) is 83.9 Å². The number of rotatable bonds is 3. The topological polar surface area (TPSA) is 15.6 Å². The summed E-state index contributed by atoms with van der Waals surface area (Å²) in [4.78, 5) is 6.89. The molecule has 0 saturated heterocycles. The molecule has 2 nitrogen and oxygen atoms in total. The fraction of sp³-hybridized carbons (Fsp3) is 0.136. The molecule has 3 aromatic carbocycles. The molecule has 0 radical (unpaired) electrons. The average molecular weight is 312 g/mol. The lowest BCUT2D eigenvalue weighted by atomic mass is 9.96. The third-order valence-electron chi connectivity index (χ3n) is 4.65. The van der Waals surface area contributed by atoms with E-state index in [0.717, 1.165) is 18.8 Å². The Morgan fingerprint density at radius 2 is 1.67 bits per heavy atom. The zero-order chi connectivity index (χ0) is 16.4. The van der Waals surface area contributed by atoms with E-state index in [2.05, 4.69) is 83.5 Å². The molecule has 0 bridgehead atoms. The first-order valence-electron chi connectivity index (χ1n) is 8.33. The Hall–Kier alpha value is -2.87. The van der Waals surface area contributed by atoms with Crippen LogP contribution in [0, 0.1) is 6.92 Å². The van der Waals surface area contributed by atoms with Crippen LogP contribution in [-0.2, 0) is 6.54 Å². The quantitative estimate of drug-likeness (QED) is 0.633. The number of para-hydroxylation sites is 2. The van der Waals surface area contributed by atoms with Crippen LogP contribution in [0.5, 0.6) is 0 Å². The van der Waals surface area contributed by atoms with Gasteiger partial charge < -0.3 is 4.90 Å². The Balaban J connectivity index is 1.68. The molecule has 1 aliphatic rings. The van der Waals surface area contributed by atoms with Crippen LogP contribution in [0.3, 0.4) is 0 Å². The fourth-order valence-electron chi connectivity index (χ4n) is 3.32. The molecule has 0 unspecified atom stereocenters. The van der Waals surface area contributed by atoms with Crippen molar-refractivity contribution in [3.8, 4) is 11.1 Å². The van der Waals surface area contributed by atoms with E-state index < -0.39 is 0 Å². The number of fused-ring (bicyclic) bond motifs is 1. The van der Waals surface area contributed by atoms with E-state index in [9.17, 15) is 0 Å². The van der Waals surface area contributed by atoms with Crippen molar-refractivity contribution in [1.82, 2.24) is 0 Å². The Morgan fingerprint density at radius 3 is 2.54 bits per heavy atom. The third kappa shape index (κ3) is 2.71. The molecular weight excluding hydrogens is 292 g/mol. The highest BCUT2D eigenvalue weighted by molar-refractivity contribution is 5.81. The lowest BCUT2D eigenvalue weighted by Crippen LogP contribution is -2.27. The summed E-state index contributed by atoms with van der Waals surface area (Å²) in [6.07, 6.45) is 2.00. The zero-order valence-corrected chi connectivity index (χ0v) is 13.8. The highest BCUT2D eigenvalue weighted by Gasteiger charge is 2.15. The van der Waals surface area contributed by atoms with Crippen LogP contribution in [0.1, 0.15) is 11.1 Å². The maximum atomic E-state index is 4.51. The van der Waals surface area contributed by atoms with Crippen molar-refractivity contribution in [2.24, 2.45) is 4.99 Å². The molecule has 0 saturated carbocycles. The van der Waals surface area contributed by atoms with Gasteiger partial charge in [0.05, 0.1) is 17.9 Å². The molecule has 118 valence electrons. The lowest BCUT2D eigenvalue weighted by Gasteiger charge is -2.28. The van der Waals surface area contributed by atoms with E-state index in [1.54, 1.807) is 0 Å². The summed E-state index contributed by atoms with van der Waals surface area (Å²) in [7, 11) is 0. The number of hydrogen-bond donors (Lipinski definition) is 0. The summed E-state index contributed by atoms with van der Waals surface area (Å²) in [5.41, 5.74) is 7.57. The predicted octanol–water partition coefficient (Wildman–Crippen LogP) is 5.38. The summed E-state index contributed by atoms with van der Waals surface area (Å²) in [5.74, 6) is 0. The molecule has 0 atom stereocenters. The van der Waals surface area contributed by atoms with Crippen LogP contribution < -0.4 is 4.90 Å². The normalized spacial score (nSPS) is 13.0. The third-order valence-corrected chi connectivity index (χ3v) is 4.65. The monoisotopic (exact) mass is 312 g/mol. The van der Waals surface area contributed by atoms with Gasteiger partial charge in [-0.1, -0.05) is 60.7 Å². The van der Waals surface area contributed by atoms with Crippen LogP contribution in [0.4, 0.5) is 11.4 Å².